The van der Waals surface area contributed by atoms with Crippen LogP contribution in [0.3, 0.4) is 0 Å². The monoisotopic (exact) mass is 385 g/mol. The Hall–Kier alpha value is -2.57. The first-order valence-corrected chi connectivity index (χ1v) is 9.86. The zero-order valence-corrected chi connectivity index (χ0v) is 16.7. The smallest absolute Gasteiger partial charge is 0.232 e. The first kappa shape index (κ1) is 18.8. The molecule has 1 aromatic carbocycles. The van der Waals surface area contributed by atoms with Crippen molar-refractivity contribution in [1.82, 2.24) is 10.1 Å². The minimum atomic E-state index is -0.0850. The van der Waals surface area contributed by atoms with E-state index in [0.29, 0.717) is 30.4 Å². The second-order valence-corrected chi connectivity index (χ2v) is 8.19. The first-order valence-electron chi connectivity index (χ1n) is 9.86. The van der Waals surface area contributed by atoms with Gasteiger partial charge in [0.05, 0.1) is 20.1 Å². The van der Waals surface area contributed by atoms with Gasteiger partial charge < -0.3 is 18.9 Å². The number of rotatable bonds is 6. The average Bonchev–Trinajstić information content (AvgIpc) is 3.42. The molecule has 2 aliphatic rings. The Balaban J connectivity index is 1.48. The van der Waals surface area contributed by atoms with Gasteiger partial charge in [0, 0.05) is 31.1 Å². The van der Waals surface area contributed by atoms with Crippen molar-refractivity contribution >= 4 is 11.6 Å². The largest absolute Gasteiger partial charge is 0.493 e. The molecule has 1 amide bonds. The number of ether oxygens (including phenoxy) is 2. The van der Waals surface area contributed by atoms with Crippen molar-refractivity contribution in [1.29, 1.82) is 0 Å². The van der Waals surface area contributed by atoms with Crippen LogP contribution < -0.4 is 14.4 Å². The van der Waals surface area contributed by atoms with Crippen LogP contribution in [0.2, 0.25) is 0 Å². The van der Waals surface area contributed by atoms with Gasteiger partial charge in [0.15, 0.2) is 17.3 Å². The highest BCUT2D eigenvalue weighted by Gasteiger charge is 2.36. The molecule has 0 N–H and O–H groups in total. The lowest BCUT2D eigenvalue weighted by molar-refractivity contribution is -0.117. The molecule has 1 aliphatic carbocycles. The number of methoxy groups -OCH3 is 2. The molecule has 1 saturated heterocycles. The maximum atomic E-state index is 12.6. The number of aromatic nitrogens is 2. The zero-order valence-electron chi connectivity index (χ0n) is 16.7. The van der Waals surface area contributed by atoms with Crippen molar-refractivity contribution in [3.8, 4) is 11.5 Å². The van der Waals surface area contributed by atoms with Gasteiger partial charge in [-0.3, -0.25) is 4.79 Å². The molecule has 0 radical (unpaired) electrons. The van der Waals surface area contributed by atoms with Crippen molar-refractivity contribution in [2.45, 2.75) is 51.4 Å². The number of benzene rings is 1. The molecule has 2 fully saturated rings. The Kier molecular flexibility index (Phi) is 5.00. The van der Waals surface area contributed by atoms with Crippen LogP contribution in [0, 0.1) is 5.41 Å². The Morgan fingerprint density at radius 3 is 2.68 bits per heavy atom. The van der Waals surface area contributed by atoms with Gasteiger partial charge in [0.2, 0.25) is 11.8 Å². The zero-order chi connectivity index (χ0) is 19.7. The van der Waals surface area contributed by atoms with E-state index >= 15 is 0 Å². The summed E-state index contributed by atoms with van der Waals surface area (Å²) in [4.78, 5) is 19.0. The lowest BCUT2D eigenvalue weighted by atomic mass is 9.85. The summed E-state index contributed by atoms with van der Waals surface area (Å²) in [6.45, 7) is 2.82. The van der Waals surface area contributed by atoms with E-state index in [9.17, 15) is 4.79 Å². The lowest BCUT2D eigenvalue weighted by Crippen LogP contribution is -2.24. The van der Waals surface area contributed by atoms with Gasteiger partial charge in [-0.1, -0.05) is 24.9 Å². The number of carbonyl (C=O) groups excluding carboxylic acids is 1. The number of amides is 1. The first-order chi connectivity index (χ1) is 13.5. The summed E-state index contributed by atoms with van der Waals surface area (Å²) in [5, 5.41) is 4.19. The molecule has 2 aromatic rings. The van der Waals surface area contributed by atoms with E-state index in [0.717, 1.165) is 17.9 Å². The van der Waals surface area contributed by atoms with Gasteiger partial charge >= 0.3 is 0 Å². The second-order valence-electron chi connectivity index (χ2n) is 8.19. The Bertz CT molecular complexity index is 857. The van der Waals surface area contributed by atoms with E-state index in [2.05, 4.69) is 17.1 Å². The Morgan fingerprint density at radius 1 is 1.21 bits per heavy atom. The third-order valence-corrected chi connectivity index (χ3v) is 6.03. The van der Waals surface area contributed by atoms with Gasteiger partial charge in [-0.15, -0.1) is 0 Å². The van der Waals surface area contributed by atoms with Gasteiger partial charge in [-0.25, -0.2) is 0 Å². The minimum absolute atomic E-state index is 0.0414. The van der Waals surface area contributed by atoms with Gasteiger partial charge in [0.1, 0.15) is 0 Å². The van der Waals surface area contributed by atoms with Crippen LogP contribution >= 0.6 is 0 Å². The van der Waals surface area contributed by atoms with Crippen LogP contribution in [0.1, 0.15) is 56.7 Å². The highest BCUT2D eigenvalue weighted by atomic mass is 16.5. The molecular weight excluding hydrogens is 358 g/mol. The summed E-state index contributed by atoms with van der Waals surface area (Å²) in [6, 6.07) is 5.49. The Labute approximate surface area is 165 Å². The maximum absolute atomic E-state index is 12.6. The highest BCUT2D eigenvalue weighted by molar-refractivity contribution is 5.96. The highest BCUT2D eigenvalue weighted by Crippen LogP contribution is 2.40. The van der Waals surface area contributed by atoms with Crippen molar-refractivity contribution < 1.29 is 18.8 Å². The maximum Gasteiger partial charge on any atom is 0.232 e. The predicted molar refractivity (Wildman–Crippen MR) is 104 cm³/mol. The summed E-state index contributed by atoms with van der Waals surface area (Å²) < 4.78 is 16.2. The minimum Gasteiger partial charge on any atom is -0.493 e. The summed E-state index contributed by atoms with van der Waals surface area (Å²) >= 11 is 0. The van der Waals surface area contributed by atoms with E-state index in [1.165, 1.54) is 25.7 Å². The summed E-state index contributed by atoms with van der Waals surface area (Å²) in [5.41, 5.74) is 1.06. The third kappa shape index (κ3) is 3.57. The van der Waals surface area contributed by atoms with E-state index in [1.54, 1.807) is 19.1 Å². The van der Waals surface area contributed by atoms with E-state index < -0.39 is 0 Å². The van der Waals surface area contributed by atoms with Crippen molar-refractivity contribution in [2.75, 3.05) is 25.7 Å². The number of carbonyl (C=O) groups is 1. The van der Waals surface area contributed by atoms with E-state index in [-0.39, 0.29) is 17.2 Å². The summed E-state index contributed by atoms with van der Waals surface area (Å²) in [7, 11) is 3.18. The molecule has 4 rings (SSSR count). The van der Waals surface area contributed by atoms with Gasteiger partial charge in [-0.2, -0.15) is 4.98 Å². The van der Waals surface area contributed by atoms with Crippen LogP contribution in [0.15, 0.2) is 22.7 Å². The topological polar surface area (TPSA) is 77.7 Å². The molecule has 1 aromatic heterocycles. The van der Waals surface area contributed by atoms with Crippen LogP contribution in [-0.2, 0) is 11.2 Å². The molecule has 0 spiro atoms. The van der Waals surface area contributed by atoms with Crippen molar-refractivity contribution in [2.24, 2.45) is 5.41 Å². The molecule has 7 nitrogen and oxygen atoms in total. The van der Waals surface area contributed by atoms with Crippen LogP contribution in [0.4, 0.5) is 5.69 Å². The molecule has 150 valence electrons. The van der Waals surface area contributed by atoms with Gasteiger partial charge in [-0.05, 0) is 30.4 Å². The molecular formula is C21H27N3O4. The molecule has 0 bridgehead atoms. The molecule has 2 heterocycles. The quantitative estimate of drug-likeness (QED) is 0.754. The molecule has 1 atom stereocenters. The number of anilines is 1. The molecule has 1 saturated carbocycles. The van der Waals surface area contributed by atoms with Crippen LogP contribution in [0.25, 0.3) is 0 Å². The summed E-state index contributed by atoms with van der Waals surface area (Å²) in [5.74, 6) is 2.51. The van der Waals surface area contributed by atoms with Crippen LogP contribution in [0.5, 0.6) is 11.5 Å². The second kappa shape index (κ2) is 7.45. The summed E-state index contributed by atoms with van der Waals surface area (Å²) in [6.07, 6.45) is 6.19. The molecule has 1 unspecified atom stereocenters. The van der Waals surface area contributed by atoms with Crippen molar-refractivity contribution in [3.63, 3.8) is 0 Å². The number of nitrogens with zero attached hydrogens (tertiary/aromatic N) is 3. The van der Waals surface area contributed by atoms with E-state index in [4.69, 9.17) is 14.0 Å². The SMILES string of the molecule is COc1ccc(N2CC(c3nc(CC4(C)CCCC4)no3)CC2=O)cc1OC. The van der Waals surface area contributed by atoms with E-state index in [1.807, 2.05) is 18.2 Å². The van der Waals surface area contributed by atoms with Crippen molar-refractivity contribution in [3.05, 3.63) is 29.9 Å². The van der Waals surface area contributed by atoms with Crippen LogP contribution in [-0.4, -0.2) is 36.8 Å². The fourth-order valence-corrected chi connectivity index (χ4v) is 4.41. The molecule has 1 aliphatic heterocycles. The third-order valence-electron chi connectivity index (χ3n) is 6.03. The molecule has 28 heavy (non-hydrogen) atoms. The normalized spacial score (nSPS) is 21.3. The number of hydrogen-bond acceptors (Lipinski definition) is 6. The number of hydrogen-bond donors (Lipinski definition) is 0. The van der Waals surface area contributed by atoms with Gasteiger partial charge in [0.25, 0.3) is 0 Å². The fourth-order valence-electron chi connectivity index (χ4n) is 4.41. The Morgan fingerprint density at radius 2 is 1.96 bits per heavy atom. The lowest BCUT2D eigenvalue weighted by Gasteiger charge is -2.20. The molecule has 7 heteroatoms. The average molecular weight is 385 g/mol. The predicted octanol–water partition coefficient (Wildman–Crippen LogP) is 3.73. The fraction of sp³-hybridized carbons (Fsp3) is 0.571. The standard InChI is InChI=1S/C21H27N3O4/c1-21(8-4-5-9-21)12-18-22-20(28-23-18)14-10-19(25)24(13-14)15-6-7-16(26-2)17(11-15)27-3/h6-7,11,14H,4-5,8-10,12-13H2,1-3H3.